The van der Waals surface area contributed by atoms with Crippen LogP contribution in [0.2, 0.25) is 0 Å². The van der Waals surface area contributed by atoms with Gasteiger partial charge in [0.05, 0.1) is 11.0 Å². The molecule has 0 aliphatic carbocycles. The molecule has 1 atom stereocenters. The third-order valence-electron chi connectivity index (χ3n) is 2.09. The highest BCUT2D eigenvalue weighted by Gasteiger charge is 2.28. The Morgan fingerprint density at radius 1 is 1.50 bits per heavy atom. The van der Waals surface area contributed by atoms with E-state index >= 15 is 0 Å². The van der Waals surface area contributed by atoms with E-state index in [-0.39, 0.29) is 11.2 Å². The third-order valence-corrected chi connectivity index (χ3v) is 4.64. The van der Waals surface area contributed by atoms with E-state index in [0.29, 0.717) is 12.3 Å². The molecule has 1 aliphatic rings. The van der Waals surface area contributed by atoms with Crippen molar-refractivity contribution in [3.8, 4) is 0 Å². The van der Waals surface area contributed by atoms with Gasteiger partial charge < -0.3 is 5.32 Å². The summed E-state index contributed by atoms with van der Waals surface area (Å²) in [6, 6.07) is 0. The minimum absolute atomic E-state index is 0.125. The largest absolute Gasteiger partial charge is 0.315 e. The number of rotatable bonds is 3. The Balaban J connectivity index is 2.58. The molecule has 0 aromatic carbocycles. The highest BCUT2D eigenvalue weighted by molar-refractivity contribution is 7.92. The predicted octanol–water partition coefficient (Wildman–Crippen LogP) is 0.419. The van der Waals surface area contributed by atoms with Gasteiger partial charge >= 0.3 is 0 Å². The Morgan fingerprint density at radius 2 is 2.17 bits per heavy atom. The highest BCUT2D eigenvalue weighted by atomic mass is 32.2. The summed E-state index contributed by atoms with van der Waals surface area (Å²) in [5, 5.41) is 2.95. The molecule has 0 aromatic heterocycles. The molecule has 0 unspecified atom stereocenters. The maximum atomic E-state index is 11.6. The van der Waals surface area contributed by atoms with Gasteiger partial charge in [-0.3, -0.25) is 0 Å². The first kappa shape index (κ1) is 9.99. The zero-order chi connectivity index (χ0) is 9.19. The maximum Gasteiger partial charge on any atom is 0.154 e. The molecule has 0 amide bonds. The first-order chi connectivity index (χ1) is 5.52. The second kappa shape index (κ2) is 3.75. The van der Waals surface area contributed by atoms with Gasteiger partial charge in [-0.25, -0.2) is 8.42 Å². The molecule has 0 aromatic rings. The van der Waals surface area contributed by atoms with Crippen molar-refractivity contribution >= 4 is 9.84 Å². The lowest BCUT2D eigenvalue weighted by Gasteiger charge is -2.11. The Labute approximate surface area is 74.5 Å². The van der Waals surface area contributed by atoms with Crippen LogP contribution in [0.3, 0.4) is 0 Å². The fourth-order valence-corrected chi connectivity index (χ4v) is 3.59. The molecule has 12 heavy (non-hydrogen) atoms. The monoisotopic (exact) mass is 191 g/mol. The third kappa shape index (κ3) is 2.45. The zero-order valence-electron chi connectivity index (χ0n) is 7.71. The minimum Gasteiger partial charge on any atom is -0.315 e. The molecule has 0 bridgehead atoms. The second-order valence-electron chi connectivity index (χ2n) is 3.84. The molecule has 3 nitrogen and oxygen atoms in total. The van der Waals surface area contributed by atoms with Crippen molar-refractivity contribution in [1.29, 1.82) is 0 Å². The summed E-state index contributed by atoms with van der Waals surface area (Å²) in [5.74, 6) is 0.579. The Hall–Kier alpha value is -0.0900. The summed E-state index contributed by atoms with van der Waals surface area (Å²) in [6.45, 7) is 5.39. The fourth-order valence-electron chi connectivity index (χ4n) is 1.54. The van der Waals surface area contributed by atoms with Crippen LogP contribution in [0.25, 0.3) is 0 Å². The van der Waals surface area contributed by atoms with E-state index in [0.717, 1.165) is 13.0 Å². The maximum absolute atomic E-state index is 11.6. The van der Waals surface area contributed by atoms with Crippen molar-refractivity contribution < 1.29 is 8.42 Å². The van der Waals surface area contributed by atoms with Crippen molar-refractivity contribution in [2.45, 2.75) is 25.5 Å². The summed E-state index contributed by atoms with van der Waals surface area (Å²) < 4.78 is 23.2. The highest BCUT2D eigenvalue weighted by Crippen LogP contribution is 2.13. The summed E-state index contributed by atoms with van der Waals surface area (Å²) in [4.78, 5) is 0. The van der Waals surface area contributed by atoms with Crippen LogP contribution in [0.4, 0.5) is 0 Å². The van der Waals surface area contributed by atoms with Gasteiger partial charge in [-0.1, -0.05) is 13.8 Å². The van der Waals surface area contributed by atoms with Crippen molar-refractivity contribution in [2.24, 2.45) is 5.92 Å². The van der Waals surface area contributed by atoms with Crippen molar-refractivity contribution in [2.75, 3.05) is 18.8 Å². The van der Waals surface area contributed by atoms with Crippen LogP contribution in [0, 0.1) is 5.92 Å². The molecule has 1 fully saturated rings. The van der Waals surface area contributed by atoms with Gasteiger partial charge in [-0.2, -0.15) is 0 Å². The summed E-state index contributed by atoms with van der Waals surface area (Å²) in [7, 11) is -2.82. The zero-order valence-corrected chi connectivity index (χ0v) is 8.52. The lowest BCUT2D eigenvalue weighted by atomic mass is 10.3. The molecular formula is C8H17NO2S. The lowest BCUT2D eigenvalue weighted by Crippen LogP contribution is -2.28. The van der Waals surface area contributed by atoms with Crippen LogP contribution in [0.5, 0.6) is 0 Å². The number of sulfone groups is 1. The van der Waals surface area contributed by atoms with Gasteiger partial charge in [0.25, 0.3) is 0 Å². The van der Waals surface area contributed by atoms with Gasteiger partial charge in [-0.05, 0) is 18.9 Å². The van der Waals surface area contributed by atoms with E-state index in [1.54, 1.807) is 0 Å². The average molecular weight is 191 g/mol. The first-order valence-corrected chi connectivity index (χ1v) is 6.16. The second-order valence-corrected chi connectivity index (χ2v) is 6.16. The molecule has 1 N–H and O–H groups in total. The van der Waals surface area contributed by atoms with Gasteiger partial charge in [0.2, 0.25) is 0 Å². The number of hydrogen-bond acceptors (Lipinski definition) is 3. The molecular weight excluding hydrogens is 174 g/mol. The molecule has 1 saturated heterocycles. The van der Waals surface area contributed by atoms with Crippen molar-refractivity contribution in [3.05, 3.63) is 0 Å². The Kier molecular flexibility index (Phi) is 3.12. The number of hydrogen-bond donors (Lipinski definition) is 1. The normalized spacial score (nSPS) is 25.1. The molecule has 0 saturated carbocycles. The van der Waals surface area contributed by atoms with Crippen molar-refractivity contribution in [3.63, 3.8) is 0 Å². The minimum atomic E-state index is -2.82. The first-order valence-electron chi connectivity index (χ1n) is 4.44. The quantitative estimate of drug-likeness (QED) is 0.703. The molecule has 1 aliphatic heterocycles. The van der Waals surface area contributed by atoms with Gasteiger partial charge in [0.15, 0.2) is 9.84 Å². The number of nitrogens with one attached hydrogen (secondary N) is 1. The topological polar surface area (TPSA) is 46.2 Å². The smallest absolute Gasteiger partial charge is 0.154 e. The van der Waals surface area contributed by atoms with E-state index in [2.05, 4.69) is 5.32 Å². The van der Waals surface area contributed by atoms with Gasteiger partial charge in [0, 0.05) is 6.54 Å². The fraction of sp³-hybridized carbons (Fsp3) is 1.00. The molecule has 4 heteroatoms. The van der Waals surface area contributed by atoms with Gasteiger partial charge in [-0.15, -0.1) is 0 Å². The van der Waals surface area contributed by atoms with Crippen LogP contribution < -0.4 is 5.32 Å². The van der Waals surface area contributed by atoms with E-state index in [1.165, 1.54) is 0 Å². The molecule has 1 heterocycles. The average Bonchev–Trinajstić information content (AvgIpc) is 2.32. The van der Waals surface area contributed by atoms with Crippen LogP contribution in [0.15, 0.2) is 0 Å². The van der Waals surface area contributed by atoms with Crippen LogP contribution in [-0.2, 0) is 9.84 Å². The van der Waals surface area contributed by atoms with Crippen LogP contribution in [0.1, 0.15) is 20.3 Å². The Morgan fingerprint density at radius 3 is 2.58 bits per heavy atom. The summed E-state index contributed by atoms with van der Waals surface area (Å²) in [6.07, 6.45) is 0.787. The SMILES string of the molecule is CC(C)CS(=O)(=O)[C@@H]1CCNC1. The molecule has 1 rings (SSSR count). The van der Waals surface area contributed by atoms with Crippen molar-refractivity contribution in [1.82, 2.24) is 5.32 Å². The van der Waals surface area contributed by atoms with Gasteiger partial charge in [0.1, 0.15) is 0 Å². The Bertz CT molecular complexity index is 227. The molecule has 0 spiro atoms. The van der Waals surface area contributed by atoms with E-state index in [4.69, 9.17) is 0 Å². The summed E-state index contributed by atoms with van der Waals surface area (Å²) in [5.41, 5.74) is 0. The lowest BCUT2D eigenvalue weighted by molar-refractivity contribution is 0.569. The predicted molar refractivity (Wildman–Crippen MR) is 49.9 cm³/mol. The van der Waals surface area contributed by atoms with E-state index < -0.39 is 9.84 Å². The van der Waals surface area contributed by atoms with E-state index in [1.807, 2.05) is 13.8 Å². The van der Waals surface area contributed by atoms with Crippen LogP contribution in [-0.4, -0.2) is 32.5 Å². The standard InChI is InChI=1S/C8H17NO2S/c1-7(2)6-12(10,11)8-3-4-9-5-8/h7-9H,3-6H2,1-2H3/t8-/m1/s1. The summed E-state index contributed by atoms with van der Waals surface area (Å²) >= 11 is 0. The van der Waals surface area contributed by atoms with Crippen LogP contribution >= 0.6 is 0 Å². The molecule has 72 valence electrons. The molecule has 0 radical (unpaired) electrons. The van der Waals surface area contributed by atoms with E-state index in [9.17, 15) is 8.42 Å².